The highest BCUT2D eigenvalue weighted by Crippen LogP contribution is 2.51. The lowest BCUT2D eigenvalue weighted by Crippen LogP contribution is -2.41. The van der Waals surface area contributed by atoms with Gasteiger partial charge in [0.05, 0.1) is 0 Å². The van der Waals surface area contributed by atoms with Gasteiger partial charge in [-0.25, -0.2) is 19.2 Å². The predicted molar refractivity (Wildman–Crippen MR) is 180 cm³/mol. The summed E-state index contributed by atoms with van der Waals surface area (Å²) in [4.78, 5) is 49.5. The summed E-state index contributed by atoms with van der Waals surface area (Å²) in [5, 5.41) is 5.74. The van der Waals surface area contributed by atoms with Crippen LogP contribution in [0.5, 0.6) is 11.5 Å². The molecule has 2 bridgehead atoms. The molecule has 2 aromatic rings. The van der Waals surface area contributed by atoms with E-state index in [1.54, 1.807) is 24.3 Å². The van der Waals surface area contributed by atoms with Crippen molar-refractivity contribution in [2.75, 3.05) is 39.5 Å². The first-order valence-corrected chi connectivity index (χ1v) is 16.5. The molecule has 0 radical (unpaired) electrons. The zero-order valence-electron chi connectivity index (χ0n) is 28.1. The fourth-order valence-corrected chi connectivity index (χ4v) is 6.16. The van der Waals surface area contributed by atoms with E-state index in [-0.39, 0.29) is 49.4 Å². The summed E-state index contributed by atoms with van der Waals surface area (Å²) in [6.07, 6.45) is 0.00824. The molecule has 2 aliphatic rings. The Hall–Kier alpha value is -5.00. The second-order valence-corrected chi connectivity index (χ2v) is 12.6. The molecule has 2 aromatic carbocycles. The molecule has 2 saturated carbocycles. The minimum atomic E-state index is -0.835. The van der Waals surface area contributed by atoms with Crippen LogP contribution in [-0.2, 0) is 28.5 Å². The number of fused-ring (bicyclic) bond motifs is 2. The number of hydrogen-bond acceptors (Lipinski definition) is 10. The molecule has 0 heterocycles. The number of rotatable bonds is 18. The smallest absolute Gasteiger partial charge is 0.407 e. The first-order valence-electron chi connectivity index (χ1n) is 16.5. The van der Waals surface area contributed by atoms with Gasteiger partial charge in [-0.15, -0.1) is 0 Å². The van der Waals surface area contributed by atoms with Gasteiger partial charge in [-0.05, 0) is 81.0 Å². The summed E-state index contributed by atoms with van der Waals surface area (Å²) in [5.74, 6) is 1.24. The number of amides is 2. The van der Waals surface area contributed by atoms with Crippen molar-refractivity contribution in [3.63, 3.8) is 0 Å². The average molecular weight is 679 g/mol. The van der Waals surface area contributed by atoms with E-state index in [0.29, 0.717) is 36.4 Å². The molecule has 12 heteroatoms. The monoisotopic (exact) mass is 678 g/mol. The standard InChI is InChI=1S/C37H46N2O10/c1-24(2)34(40)46-22-31(20-44-29-11-7-5-8-12-29)48-36(42)38-18-27-15-26-16-28(33(27)17-26)19-39-37(43)49-32(23-47-35(41)25(3)4)21-45-30-13-9-6-10-14-30/h5-14,26-28,31-33H,1,3,15-23H2,2,4H3,(H,38,42)(H,39,43). The zero-order chi connectivity index (χ0) is 35.2. The van der Waals surface area contributed by atoms with Crippen molar-refractivity contribution in [2.24, 2.45) is 23.7 Å². The van der Waals surface area contributed by atoms with Crippen LogP contribution in [0.4, 0.5) is 9.59 Å². The van der Waals surface area contributed by atoms with Crippen LogP contribution in [-0.4, -0.2) is 75.9 Å². The van der Waals surface area contributed by atoms with E-state index in [4.69, 9.17) is 28.4 Å². The van der Waals surface area contributed by atoms with Gasteiger partial charge in [0.15, 0.2) is 12.2 Å². The maximum absolute atomic E-state index is 12.8. The molecule has 2 amide bonds. The number of benzene rings is 2. The molecule has 2 aliphatic carbocycles. The van der Waals surface area contributed by atoms with Gasteiger partial charge in [0.2, 0.25) is 0 Å². The molecule has 12 nitrogen and oxygen atoms in total. The lowest BCUT2D eigenvalue weighted by Gasteiger charge is -2.30. The molecule has 4 unspecified atom stereocenters. The van der Waals surface area contributed by atoms with Crippen molar-refractivity contribution in [1.82, 2.24) is 10.6 Å². The summed E-state index contributed by atoms with van der Waals surface area (Å²) in [7, 11) is 0. The fourth-order valence-electron chi connectivity index (χ4n) is 6.16. The molecular formula is C37H46N2O10. The first kappa shape index (κ1) is 36.8. The highest BCUT2D eigenvalue weighted by atomic mass is 16.6. The van der Waals surface area contributed by atoms with Crippen LogP contribution >= 0.6 is 0 Å². The topological polar surface area (TPSA) is 148 Å². The van der Waals surface area contributed by atoms with Crippen LogP contribution in [0, 0.1) is 23.7 Å². The van der Waals surface area contributed by atoms with E-state index in [0.717, 1.165) is 19.3 Å². The highest BCUT2D eigenvalue weighted by Gasteiger charge is 2.46. The SMILES string of the molecule is C=C(C)C(=O)OCC(COc1ccccc1)OC(=O)NCC1CC2CC(CNC(=O)OC(COC(=O)C(=C)C)COc3ccccc3)C1C2. The number of carbonyl (C=O) groups excluding carboxylic acids is 4. The van der Waals surface area contributed by atoms with Gasteiger partial charge in [-0.3, -0.25) is 0 Å². The highest BCUT2D eigenvalue weighted by molar-refractivity contribution is 5.87. The number of hydrogen-bond donors (Lipinski definition) is 2. The molecule has 0 saturated heterocycles. The molecule has 4 atom stereocenters. The minimum Gasteiger partial charge on any atom is -0.490 e. The summed E-state index contributed by atoms with van der Waals surface area (Å²) in [6, 6.07) is 18.1. The zero-order valence-corrected chi connectivity index (χ0v) is 28.1. The van der Waals surface area contributed by atoms with Crippen molar-refractivity contribution < 1.29 is 47.6 Å². The van der Waals surface area contributed by atoms with E-state index in [1.807, 2.05) is 36.4 Å². The minimum absolute atomic E-state index is 0.00551. The number of nitrogens with one attached hydrogen (secondary N) is 2. The number of para-hydroxylation sites is 2. The van der Waals surface area contributed by atoms with Crippen molar-refractivity contribution in [2.45, 2.75) is 45.3 Å². The van der Waals surface area contributed by atoms with Crippen LogP contribution in [0.3, 0.4) is 0 Å². The third kappa shape index (κ3) is 12.2. The maximum atomic E-state index is 12.8. The molecule has 4 rings (SSSR count). The Bertz CT molecular complexity index is 1330. The van der Waals surface area contributed by atoms with Gasteiger partial charge in [0, 0.05) is 24.2 Å². The molecule has 2 fully saturated rings. The Morgan fingerprint density at radius 1 is 0.653 bits per heavy atom. The summed E-state index contributed by atoms with van der Waals surface area (Å²) in [5.41, 5.74) is 0.475. The van der Waals surface area contributed by atoms with Crippen LogP contribution in [0.25, 0.3) is 0 Å². The molecule has 2 N–H and O–H groups in total. The van der Waals surface area contributed by atoms with Gasteiger partial charge in [0.25, 0.3) is 0 Å². The van der Waals surface area contributed by atoms with Gasteiger partial charge in [0.1, 0.15) is 37.9 Å². The Morgan fingerprint density at radius 2 is 1.06 bits per heavy atom. The van der Waals surface area contributed by atoms with Crippen molar-refractivity contribution in [3.8, 4) is 11.5 Å². The summed E-state index contributed by atoms with van der Waals surface area (Å²) >= 11 is 0. The number of carbonyl (C=O) groups is 4. The second-order valence-electron chi connectivity index (χ2n) is 12.6. The Kier molecular flexibility index (Phi) is 13.9. The Labute approximate surface area is 287 Å². The van der Waals surface area contributed by atoms with E-state index in [2.05, 4.69) is 23.8 Å². The van der Waals surface area contributed by atoms with E-state index < -0.39 is 36.3 Å². The largest absolute Gasteiger partial charge is 0.490 e. The van der Waals surface area contributed by atoms with Crippen molar-refractivity contribution in [3.05, 3.63) is 85.0 Å². The lowest BCUT2D eigenvalue weighted by atomic mass is 9.80. The molecular weight excluding hydrogens is 632 g/mol. The van der Waals surface area contributed by atoms with Gasteiger partial charge >= 0.3 is 24.1 Å². The van der Waals surface area contributed by atoms with Gasteiger partial charge in [-0.1, -0.05) is 49.6 Å². The van der Waals surface area contributed by atoms with Crippen molar-refractivity contribution in [1.29, 1.82) is 0 Å². The van der Waals surface area contributed by atoms with Gasteiger partial charge in [-0.2, -0.15) is 0 Å². The Morgan fingerprint density at radius 3 is 1.43 bits per heavy atom. The third-order valence-electron chi connectivity index (χ3n) is 8.51. The van der Waals surface area contributed by atoms with Gasteiger partial charge < -0.3 is 39.1 Å². The molecule has 0 spiro atoms. The van der Waals surface area contributed by atoms with Crippen LogP contribution < -0.4 is 20.1 Å². The maximum Gasteiger partial charge on any atom is 0.407 e. The summed E-state index contributed by atoms with van der Waals surface area (Å²) < 4.78 is 33.1. The van der Waals surface area contributed by atoms with E-state index >= 15 is 0 Å². The average Bonchev–Trinajstić information content (AvgIpc) is 3.70. The van der Waals surface area contributed by atoms with Crippen LogP contribution in [0.1, 0.15) is 33.1 Å². The third-order valence-corrected chi connectivity index (χ3v) is 8.51. The second kappa shape index (κ2) is 18.5. The van der Waals surface area contributed by atoms with Crippen LogP contribution in [0.2, 0.25) is 0 Å². The number of esters is 2. The number of ether oxygens (including phenoxy) is 6. The fraction of sp³-hybridized carbons (Fsp3) is 0.459. The molecule has 0 aromatic heterocycles. The Balaban J connectivity index is 1.23. The molecule has 49 heavy (non-hydrogen) atoms. The van der Waals surface area contributed by atoms with E-state index in [9.17, 15) is 19.2 Å². The molecule has 0 aliphatic heterocycles. The number of alkyl carbamates (subject to hydrolysis) is 2. The van der Waals surface area contributed by atoms with E-state index in [1.165, 1.54) is 13.8 Å². The van der Waals surface area contributed by atoms with Crippen LogP contribution in [0.15, 0.2) is 85.0 Å². The molecule has 264 valence electrons. The quantitative estimate of drug-likeness (QED) is 0.122. The lowest BCUT2D eigenvalue weighted by molar-refractivity contribution is -0.143. The first-order chi connectivity index (χ1) is 23.6. The predicted octanol–water partition coefficient (Wildman–Crippen LogP) is 5.23. The summed E-state index contributed by atoms with van der Waals surface area (Å²) in [6.45, 7) is 10.7. The normalized spacial score (nSPS) is 20.2. The van der Waals surface area contributed by atoms with Crippen molar-refractivity contribution >= 4 is 24.1 Å².